The Labute approximate surface area is 272 Å². The maximum Gasteiger partial charge on any atom is 1.00 e. The summed E-state index contributed by atoms with van der Waals surface area (Å²) in [6.07, 6.45) is 0. The molecule has 3 N–H and O–H groups in total. The number of nitrogens with one attached hydrogen (secondary N) is 1. The third-order valence-electron chi connectivity index (χ3n) is 5.91. The minimum atomic E-state index is -1.71. The zero-order valence-corrected chi connectivity index (χ0v) is 26.7. The summed E-state index contributed by atoms with van der Waals surface area (Å²) in [7, 11) is 1.22. The number of rotatable bonds is 8. The van der Waals surface area contributed by atoms with Gasteiger partial charge in [0.1, 0.15) is 24.2 Å². The number of hydrogen-bond donors (Lipinski definition) is 2. The molecular formula is C23H15F3N5NaO6S4. The van der Waals surface area contributed by atoms with E-state index in [2.05, 4.69) is 15.5 Å². The molecule has 0 radical (unpaired) electrons. The molecule has 1 aromatic carbocycles. The summed E-state index contributed by atoms with van der Waals surface area (Å²) in [5.74, 6) is -7.72. The van der Waals surface area contributed by atoms with Gasteiger partial charge in [0.25, 0.3) is 11.8 Å². The Morgan fingerprint density at radius 3 is 2.67 bits per heavy atom. The molecule has 11 nitrogen and oxygen atoms in total. The minimum Gasteiger partial charge on any atom is -0.543 e. The van der Waals surface area contributed by atoms with E-state index in [0.717, 1.165) is 34.1 Å². The van der Waals surface area contributed by atoms with E-state index < -0.39 is 52.1 Å². The Hall–Kier alpha value is -2.61. The molecule has 19 heteroatoms. The number of aromatic nitrogens is 1. The topological polar surface area (TPSA) is 167 Å². The number of carbonyl (C=O) groups excluding carboxylic acids is 3. The van der Waals surface area contributed by atoms with Crippen molar-refractivity contribution in [2.24, 2.45) is 5.16 Å². The Kier molecular flexibility index (Phi) is 9.96. The number of halogens is 3. The van der Waals surface area contributed by atoms with Crippen LogP contribution in [-0.2, 0) is 19.2 Å². The predicted molar refractivity (Wildman–Crippen MR) is 146 cm³/mol. The summed E-state index contributed by atoms with van der Waals surface area (Å²) >= 11 is 3.92. The van der Waals surface area contributed by atoms with Crippen molar-refractivity contribution in [1.82, 2.24) is 15.2 Å². The first-order valence-corrected chi connectivity index (χ1v) is 15.0. The maximum absolute atomic E-state index is 14.3. The van der Waals surface area contributed by atoms with Crippen LogP contribution in [0, 0.1) is 17.5 Å². The van der Waals surface area contributed by atoms with Gasteiger partial charge < -0.3 is 25.8 Å². The van der Waals surface area contributed by atoms with Crippen molar-refractivity contribution < 1.29 is 67.1 Å². The van der Waals surface area contributed by atoms with Crippen LogP contribution in [0.3, 0.4) is 0 Å². The molecule has 2 aliphatic rings. The van der Waals surface area contributed by atoms with Crippen molar-refractivity contribution in [3.8, 4) is 0 Å². The fourth-order valence-corrected chi connectivity index (χ4v) is 8.34. The molecule has 1 saturated heterocycles. The largest absolute Gasteiger partial charge is 1.00 e. The van der Waals surface area contributed by atoms with Crippen LogP contribution in [0.2, 0.25) is 0 Å². The number of β-lactam (4-membered cyclic amide) rings is 1. The normalized spacial score (nSPS) is 18.3. The number of carboxylic acids is 1. The number of hydrogen-bond acceptors (Lipinski definition) is 13. The molecule has 214 valence electrons. The van der Waals surface area contributed by atoms with Crippen LogP contribution in [0.25, 0.3) is 10.1 Å². The Morgan fingerprint density at radius 2 is 2.02 bits per heavy atom. The fraction of sp³-hybridized carbons (Fsp3) is 0.217. The van der Waals surface area contributed by atoms with Gasteiger partial charge in [-0.1, -0.05) is 5.16 Å². The Bertz CT molecular complexity index is 1750. The quantitative estimate of drug-likeness (QED) is 0.0705. The monoisotopic (exact) mass is 665 g/mol. The van der Waals surface area contributed by atoms with Crippen molar-refractivity contribution in [2.45, 2.75) is 15.6 Å². The van der Waals surface area contributed by atoms with Crippen LogP contribution in [0.15, 0.2) is 42.9 Å². The fourth-order valence-electron chi connectivity index (χ4n) is 4.09. The number of thiazole rings is 1. The summed E-state index contributed by atoms with van der Waals surface area (Å²) in [6, 6.07) is 0.650. The first-order valence-electron chi connectivity index (χ1n) is 11.3. The molecule has 4 heterocycles. The third-order valence-corrected chi connectivity index (χ3v) is 10.3. The van der Waals surface area contributed by atoms with Gasteiger partial charge in [-0.25, -0.2) is 18.2 Å². The van der Waals surface area contributed by atoms with Crippen LogP contribution in [-0.4, -0.2) is 63.4 Å². The van der Waals surface area contributed by atoms with Gasteiger partial charge >= 0.3 is 29.6 Å². The number of carbonyl (C=O) groups is 3. The van der Waals surface area contributed by atoms with Gasteiger partial charge in [0.05, 0.1) is 20.6 Å². The van der Waals surface area contributed by atoms with Crippen molar-refractivity contribution in [2.75, 3.05) is 24.3 Å². The first-order chi connectivity index (χ1) is 19.5. The molecular weight excluding hydrogens is 651 g/mol. The first kappa shape index (κ1) is 32.3. The van der Waals surface area contributed by atoms with Crippen LogP contribution < -0.4 is 51.1 Å². The number of aliphatic carboxylic acids is 1. The second-order valence-corrected chi connectivity index (χ2v) is 12.7. The van der Waals surface area contributed by atoms with Gasteiger partial charge in [-0.05, 0) is 11.6 Å². The standard InChI is InChI=1S/C23H16F3N5O6S4.Na/c1-37-30-15(10-6-40-23(27)28-10)19(33)29-16-20(34)31-17(22(35)36)7(5-39-21(16)31)4-38-12-3-11(32)8-2-9(24)13(25)14(26)18(8)41-12;/h2-3,6,16,21H,4-5H2,1H3,(H2,27,28)(H,29,33)(H,35,36);/q;+1/p-1/b30-15-;/t16-,21-;/m1./s1. The van der Waals surface area contributed by atoms with E-state index in [1.165, 1.54) is 24.3 Å². The molecule has 0 saturated carbocycles. The van der Waals surface area contributed by atoms with E-state index in [1.54, 1.807) is 0 Å². The number of nitrogens with two attached hydrogens (primary N) is 1. The van der Waals surface area contributed by atoms with E-state index in [4.69, 9.17) is 10.6 Å². The van der Waals surface area contributed by atoms with E-state index in [1.807, 2.05) is 0 Å². The molecule has 3 aromatic rings. The average Bonchev–Trinajstić information content (AvgIpc) is 3.37. The molecule has 5 rings (SSSR count). The number of carboxylic acid groups (broad SMARTS) is 1. The number of benzene rings is 1. The molecule has 42 heavy (non-hydrogen) atoms. The van der Waals surface area contributed by atoms with E-state index >= 15 is 0 Å². The summed E-state index contributed by atoms with van der Waals surface area (Å²) in [6.45, 7) is 0. The number of fused-ring (bicyclic) bond motifs is 2. The van der Waals surface area contributed by atoms with Gasteiger partial charge in [-0.2, -0.15) is 0 Å². The number of thioether (sulfide) groups is 2. The van der Waals surface area contributed by atoms with Crippen LogP contribution in [0.5, 0.6) is 0 Å². The second-order valence-electron chi connectivity index (χ2n) is 8.38. The molecule has 1 fully saturated rings. The van der Waals surface area contributed by atoms with Crippen LogP contribution in [0.4, 0.5) is 18.3 Å². The SMILES string of the molecule is CO/N=C(\C(=O)N[C@@H]1C(=O)N2C(C(=O)[O-])=C(CSc3cc(=O)c4cc(F)c(F)c(F)c4s3)CS[C@H]12)c1csc(N)n1.[Na+]. The smallest absolute Gasteiger partial charge is 0.543 e. The van der Waals surface area contributed by atoms with E-state index in [-0.39, 0.29) is 83.2 Å². The average molecular weight is 666 g/mol. The summed E-state index contributed by atoms with van der Waals surface area (Å²) in [5.41, 5.74) is 4.67. The number of anilines is 1. The van der Waals surface area contributed by atoms with Gasteiger partial charge in [0.2, 0.25) is 0 Å². The third kappa shape index (κ3) is 5.93. The van der Waals surface area contributed by atoms with Crippen LogP contribution >= 0.6 is 46.2 Å². The molecule has 0 bridgehead atoms. The van der Waals surface area contributed by atoms with E-state index in [9.17, 15) is 37.5 Å². The molecule has 0 unspecified atom stereocenters. The number of nitrogens with zero attached hydrogens (tertiary/aromatic N) is 3. The molecule has 2 amide bonds. The molecule has 2 aromatic heterocycles. The van der Waals surface area contributed by atoms with Gasteiger partial charge in [-0.3, -0.25) is 19.3 Å². The number of oxime groups is 1. The minimum absolute atomic E-state index is 0. The van der Waals surface area contributed by atoms with Crippen molar-refractivity contribution >= 4 is 84.9 Å². The van der Waals surface area contributed by atoms with Gasteiger partial charge in [0, 0.05) is 28.3 Å². The van der Waals surface area contributed by atoms with Crippen molar-refractivity contribution in [3.05, 3.63) is 62.2 Å². The zero-order valence-electron chi connectivity index (χ0n) is 21.4. The zero-order chi connectivity index (χ0) is 29.6. The predicted octanol–water partition coefficient (Wildman–Crippen LogP) is -1.73. The molecule has 0 aliphatic carbocycles. The summed E-state index contributed by atoms with van der Waals surface area (Å²) < 4.78 is 41.4. The Morgan fingerprint density at radius 1 is 1.29 bits per heavy atom. The summed E-state index contributed by atoms with van der Waals surface area (Å²) in [4.78, 5) is 60.0. The second kappa shape index (κ2) is 12.9. The summed E-state index contributed by atoms with van der Waals surface area (Å²) in [5, 5.41) is 18.8. The molecule has 2 atom stereocenters. The Balaban J connectivity index is 0.00000405. The van der Waals surface area contributed by atoms with Crippen molar-refractivity contribution in [3.63, 3.8) is 0 Å². The number of amides is 2. The van der Waals surface area contributed by atoms with Crippen LogP contribution in [0.1, 0.15) is 5.69 Å². The van der Waals surface area contributed by atoms with Gasteiger partial charge in [0.15, 0.2) is 33.7 Å². The van der Waals surface area contributed by atoms with E-state index in [0.29, 0.717) is 17.4 Å². The number of nitrogen functional groups attached to an aromatic ring is 1. The van der Waals surface area contributed by atoms with Crippen molar-refractivity contribution in [1.29, 1.82) is 0 Å². The maximum atomic E-state index is 14.3. The molecule has 0 spiro atoms. The molecule has 2 aliphatic heterocycles. The van der Waals surface area contributed by atoms with Gasteiger partial charge in [-0.15, -0.1) is 46.2 Å².